The van der Waals surface area contributed by atoms with Gasteiger partial charge in [0, 0.05) is 0 Å². The molecule has 3 aromatic rings. The minimum absolute atomic E-state index is 0.0193. The molecule has 1 N–H and O–H groups in total. The number of halogens is 1. The third-order valence-electron chi connectivity index (χ3n) is 5.47. The summed E-state index contributed by atoms with van der Waals surface area (Å²) in [5.41, 5.74) is 4.06. The fourth-order valence-corrected chi connectivity index (χ4v) is 5.07. The van der Waals surface area contributed by atoms with Gasteiger partial charge in [0.1, 0.15) is 12.4 Å². The highest BCUT2D eigenvalue weighted by Gasteiger charge is 2.29. The van der Waals surface area contributed by atoms with Crippen LogP contribution in [-0.2, 0) is 14.8 Å². The van der Waals surface area contributed by atoms with Crippen LogP contribution in [0.3, 0.4) is 0 Å². The van der Waals surface area contributed by atoms with Crippen molar-refractivity contribution in [3.05, 3.63) is 94.8 Å². The van der Waals surface area contributed by atoms with Crippen LogP contribution in [-0.4, -0.2) is 20.9 Å². The van der Waals surface area contributed by atoms with Gasteiger partial charge in [-0.3, -0.25) is 9.10 Å². The van der Waals surface area contributed by atoms with Crippen molar-refractivity contribution in [2.24, 2.45) is 0 Å². The van der Waals surface area contributed by atoms with Crippen LogP contribution >= 0.6 is 0 Å². The maximum absolute atomic E-state index is 14.6. The van der Waals surface area contributed by atoms with Gasteiger partial charge in [0.25, 0.3) is 10.0 Å². The predicted octanol–water partition coefficient (Wildman–Crippen LogP) is 4.82. The third kappa shape index (κ3) is 4.99. The predicted molar refractivity (Wildman–Crippen MR) is 125 cm³/mol. The molecule has 0 bridgehead atoms. The number of carbonyl (C=O) groups excluding carboxylic acids is 1. The average molecular weight is 455 g/mol. The Morgan fingerprint density at radius 2 is 1.53 bits per heavy atom. The molecule has 0 fully saturated rings. The zero-order valence-corrected chi connectivity index (χ0v) is 19.4. The number of nitrogens with one attached hydrogen (secondary N) is 1. The summed E-state index contributed by atoms with van der Waals surface area (Å²) in [6, 6.07) is 16.9. The maximum atomic E-state index is 14.6. The average Bonchev–Trinajstić information content (AvgIpc) is 2.75. The molecule has 3 aromatic carbocycles. The first-order valence-electron chi connectivity index (χ1n) is 10.3. The summed E-state index contributed by atoms with van der Waals surface area (Å²) in [7, 11) is -4.16. The van der Waals surface area contributed by atoms with Gasteiger partial charge in [0.2, 0.25) is 5.91 Å². The van der Waals surface area contributed by atoms with Crippen LogP contribution in [0.2, 0.25) is 0 Å². The minimum atomic E-state index is -4.16. The number of carbonyl (C=O) groups is 1. The van der Waals surface area contributed by atoms with Crippen LogP contribution in [0.15, 0.2) is 71.6 Å². The van der Waals surface area contributed by atoms with Gasteiger partial charge in [-0.2, -0.15) is 0 Å². The number of hydrogen-bond donors (Lipinski definition) is 1. The van der Waals surface area contributed by atoms with Gasteiger partial charge in [-0.1, -0.05) is 42.5 Å². The molecule has 1 unspecified atom stereocenters. The SMILES string of the molecule is Cc1cc(C)c(C(C)NC(=O)CN(c2ccccc2F)S(=O)(=O)c2ccccc2)cc1C. The number of benzene rings is 3. The van der Waals surface area contributed by atoms with Gasteiger partial charge in [-0.05, 0) is 74.2 Å². The van der Waals surface area contributed by atoms with Gasteiger partial charge in [0.15, 0.2) is 0 Å². The minimum Gasteiger partial charge on any atom is -0.348 e. The first-order valence-corrected chi connectivity index (χ1v) is 11.7. The normalized spacial score (nSPS) is 12.3. The molecular formula is C25H27FN2O3S. The van der Waals surface area contributed by atoms with Crippen molar-refractivity contribution < 1.29 is 17.6 Å². The number of rotatable bonds is 7. The lowest BCUT2D eigenvalue weighted by atomic mass is 9.96. The Morgan fingerprint density at radius 1 is 0.938 bits per heavy atom. The molecule has 0 spiro atoms. The Labute approximate surface area is 188 Å². The zero-order valence-electron chi connectivity index (χ0n) is 18.6. The number of anilines is 1. The number of nitrogens with zero attached hydrogens (tertiary/aromatic N) is 1. The van der Waals surface area contributed by atoms with Crippen molar-refractivity contribution in [1.29, 1.82) is 0 Å². The summed E-state index contributed by atoms with van der Waals surface area (Å²) in [4.78, 5) is 12.9. The maximum Gasteiger partial charge on any atom is 0.264 e. The zero-order chi connectivity index (χ0) is 23.5. The standard InChI is InChI=1S/C25H27FN2O3S/c1-17-14-19(3)22(15-18(17)2)20(4)27-25(29)16-28(24-13-9-8-12-23(24)26)32(30,31)21-10-6-5-7-11-21/h5-15,20H,16H2,1-4H3,(H,27,29). The van der Waals surface area contributed by atoms with E-state index in [1.807, 2.05) is 33.8 Å². The highest BCUT2D eigenvalue weighted by atomic mass is 32.2. The summed E-state index contributed by atoms with van der Waals surface area (Å²) in [6.45, 7) is 7.28. The van der Waals surface area contributed by atoms with Crippen molar-refractivity contribution in [3.63, 3.8) is 0 Å². The van der Waals surface area contributed by atoms with Gasteiger partial charge >= 0.3 is 0 Å². The Kier molecular flexibility index (Phi) is 6.99. The smallest absolute Gasteiger partial charge is 0.264 e. The topological polar surface area (TPSA) is 66.5 Å². The van der Waals surface area contributed by atoms with Crippen LogP contribution in [0.1, 0.15) is 35.2 Å². The van der Waals surface area contributed by atoms with E-state index >= 15 is 0 Å². The van der Waals surface area contributed by atoms with Crippen LogP contribution in [0.25, 0.3) is 0 Å². The molecule has 0 saturated heterocycles. The van der Waals surface area contributed by atoms with Crippen molar-refractivity contribution in [3.8, 4) is 0 Å². The second kappa shape index (κ2) is 9.53. The molecule has 0 saturated carbocycles. The molecule has 1 amide bonds. The molecule has 1 atom stereocenters. The van der Waals surface area contributed by atoms with E-state index in [1.165, 1.54) is 36.4 Å². The van der Waals surface area contributed by atoms with Crippen molar-refractivity contribution in [2.75, 3.05) is 10.8 Å². The molecule has 0 aliphatic heterocycles. The Morgan fingerprint density at radius 3 is 2.19 bits per heavy atom. The fourth-order valence-electron chi connectivity index (χ4n) is 3.62. The third-order valence-corrected chi connectivity index (χ3v) is 7.24. The monoisotopic (exact) mass is 454 g/mol. The van der Waals surface area contributed by atoms with Gasteiger partial charge in [0.05, 0.1) is 16.6 Å². The van der Waals surface area contributed by atoms with Crippen LogP contribution < -0.4 is 9.62 Å². The molecule has 5 nitrogen and oxygen atoms in total. The first kappa shape index (κ1) is 23.5. The molecule has 0 aliphatic carbocycles. The highest BCUT2D eigenvalue weighted by molar-refractivity contribution is 7.92. The van der Waals surface area contributed by atoms with E-state index in [0.29, 0.717) is 0 Å². The Bertz CT molecular complexity index is 1230. The molecule has 0 aliphatic rings. The molecule has 3 rings (SSSR count). The summed E-state index contributed by atoms with van der Waals surface area (Å²) in [5.74, 6) is -1.25. The molecule has 0 radical (unpaired) electrons. The second-order valence-electron chi connectivity index (χ2n) is 7.86. The largest absolute Gasteiger partial charge is 0.348 e. The van der Waals surface area contributed by atoms with E-state index in [-0.39, 0.29) is 16.6 Å². The van der Waals surface area contributed by atoms with E-state index < -0.39 is 28.3 Å². The quantitative estimate of drug-likeness (QED) is 0.556. The molecule has 0 aromatic heterocycles. The fraction of sp³-hybridized carbons (Fsp3) is 0.240. The van der Waals surface area contributed by atoms with E-state index in [0.717, 1.165) is 26.6 Å². The Hall–Kier alpha value is -3.19. The number of aryl methyl sites for hydroxylation is 3. The molecular weight excluding hydrogens is 427 g/mol. The summed E-state index contributed by atoms with van der Waals surface area (Å²) in [6.07, 6.45) is 0. The lowest BCUT2D eigenvalue weighted by molar-refractivity contribution is -0.120. The van der Waals surface area contributed by atoms with Crippen molar-refractivity contribution >= 4 is 21.6 Å². The van der Waals surface area contributed by atoms with Crippen LogP contribution in [0.5, 0.6) is 0 Å². The van der Waals surface area contributed by atoms with Crippen molar-refractivity contribution in [1.82, 2.24) is 5.32 Å². The number of sulfonamides is 1. The van der Waals surface area contributed by atoms with E-state index in [4.69, 9.17) is 0 Å². The summed E-state index contributed by atoms with van der Waals surface area (Å²) >= 11 is 0. The van der Waals surface area contributed by atoms with Crippen LogP contribution in [0, 0.1) is 26.6 Å². The number of hydrogen-bond acceptors (Lipinski definition) is 3. The molecule has 0 heterocycles. The number of para-hydroxylation sites is 1. The Balaban J connectivity index is 1.91. The summed E-state index contributed by atoms with van der Waals surface area (Å²) in [5, 5.41) is 2.86. The van der Waals surface area contributed by atoms with E-state index in [2.05, 4.69) is 11.4 Å². The number of amides is 1. The van der Waals surface area contributed by atoms with E-state index in [1.54, 1.807) is 18.2 Å². The van der Waals surface area contributed by atoms with Crippen molar-refractivity contribution in [2.45, 2.75) is 38.6 Å². The molecule has 32 heavy (non-hydrogen) atoms. The van der Waals surface area contributed by atoms with Crippen LogP contribution in [0.4, 0.5) is 10.1 Å². The second-order valence-corrected chi connectivity index (χ2v) is 9.72. The first-order chi connectivity index (χ1) is 15.1. The molecule has 168 valence electrons. The lowest BCUT2D eigenvalue weighted by Crippen LogP contribution is -2.42. The van der Waals surface area contributed by atoms with E-state index in [9.17, 15) is 17.6 Å². The highest BCUT2D eigenvalue weighted by Crippen LogP contribution is 2.26. The van der Waals surface area contributed by atoms with Gasteiger partial charge in [-0.15, -0.1) is 0 Å². The van der Waals surface area contributed by atoms with Gasteiger partial charge in [-0.25, -0.2) is 12.8 Å². The summed E-state index contributed by atoms with van der Waals surface area (Å²) < 4.78 is 42.0. The molecule has 7 heteroatoms. The van der Waals surface area contributed by atoms with Gasteiger partial charge < -0.3 is 5.32 Å². The lowest BCUT2D eigenvalue weighted by Gasteiger charge is -2.26.